The van der Waals surface area contributed by atoms with Gasteiger partial charge in [-0.05, 0) is 12.1 Å². The molecule has 1 aromatic carbocycles. The molecule has 8 heteroatoms. The number of fused-ring (bicyclic) bond motifs is 1. The van der Waals surface area contributed by atoms with Crippen LogP contribution in [0.2, 0.25) is 0 Å². The molecule has 1 saturated heterocycles. The van der Waals surface area contributed by atoms with Crippen LogP contribution in [0.1, 0.15) is 12.0 Å². The highest BCUT2D eigenvalue weighted by molar-refractivity contribution is 6.11. The summed E-state index contributed by atoms with van der Waals surface area (Å²) in [7, 11) is 0. The lowest BCUT2D eigenvalue weighted by Gasteiger charge is -2.20. The van der Waals surface area contributed by atoms with Gasteiger partial charge in [0.05, 0.1) is 24.5 Å². The summed E-state index contributed by atoms with van der Waals surface area (Å²) < 4.78 is 25.4. The van der Waals surface area contributed by atoms with E-state index >= 15 is 0 Å². The van der Waals surface area contributed by atoms with Crippen molar-refractivity contribution in [3.05, 3.63) is 60.6 Å². The second kappa shape index (κ2) is 6.61. The largest absolute Gasteiger partial charge is 0.331 e. The number of carbonyl (C=O) groups excluding carboxylic acids is 1. The molecule has 1 aliphatic heterocycles. The quantitative estimate of drug-likeness (QED) is 0.705. The fourth-order valence-corrected chi connectivity index (χ4v) is 3.14. The Balaban J connectivity index is 1.74. The number of aromatic nitrogens is 2. The lowest BCUT2D eigenvalue weighted by Crippen LogP contribution is -2.35. The number of amides is 2. The highest BCUT2D eigenvalue weighted by Gasteiger charge is 2.40. The molecule has 3 heterocycles. The monoisotopic (exact) mass is 365 g/mol. The van der Waals surface area contributed by atoms with Gasteiger partial charge in [-0.3, -0.25) is 14.8 Å². The highest BCUT2D eigenvalue weighted by Crippen LogP contribution is 2.32. The number of rotatable bonds is 3. The van der Waals surface area contributed by atoms with E-state index < -0.39 is 18.5 Å². The molecule has 0 N–H and O–H groups in total. The summed E-state index contributed by atoms with van der Waals surface area (Å²) in [5.74, 6) is 0.223. The standard InChI is InChI=1S/C19H13F2N5O/c20-18(21)13-5-6-17(24-9-13)25-11-14(7-22)26(19(25)27)16-10-23-8-12-3-1-2-4-15(12)16/h1-6,8-10,14,18H,11H2/t14-/m0/s1. The molecule has 3 aromatic rings. The zero-order valence-corrected chi connectivity index (χ0v) is 14.0. The minimum absolute atomic E-state index is 0.0829. The summed E-state index contributed by atoms with van der Waals surface area (Å²) in [4.78, 5) is 23.8. The summed E-state index contributed by atoms with van der Waals surface area (Å²) in [6.07, 6.45) is 1.63. The van der Waals surface area contributed by atoms with Gasteiger partial charge in [-0.15, -0.1) is 0 Å². The first-order valence-corrected chi connectivity index (χ1v) is 8.17. The van der Waals surface area contributed by atoms with Crippen LogP contribution in [0.3, 0.4) is 0 Å². The van der Waals surface area contributed by atoms with Gasteiger partial charge in [-0.2, -0.15) is 5.26 Å². The van der Waals surface area contributed by atoms with Gasteiger partial charge in [0.1, 0.15) is 11.9 Å². The van der Waals surface area contributed by atoms with Crippen molar-refractivity contribution < 1.29 is 13.6 Å². The lowest BCUT2D eigenvalue weighted by atomic mass is 10.1. The number of nitriles is 1. The van der Waals surface area contributed by atoms with Crippen LogP contribution < -0.4 is 9.80 Å². The minimum atomic E-state index is -2.63. The van der Waals surface area contributed by atoms with Gasteiger partial charge in [-0.25, -0.2) is 18.6 Å². The van der Waals surface area contributed by atoms with Gasteiger partial charge in [0.15, 0.2) is 0 Å². The maximum atomic E-state index is 13.0. The van der Waals surface area contributed by atoms with Crippen molar-refractivity contribution in [3.63, 3.8) is 0 Å². The zero-order chi connectivity index (χ0) is 19.0. The Morgan fingerprint density at radius 1 is 1.15 bits per heavy atom. The number of hydrogen-bond donors (Lipinski definition) is 0. The smallest absolute Gasteiger partial charge is 0.275 e. The summed E-state index contributed by atoms with van der Waals surface area (Å²) in [5, 5.41) is 11.2. The van der Waals surface area contributed by atoms with Crippen LogP contribution in [-0.2, 0) is 0 Å². The topological polar surface area (TPSA) is 73.1 Å². The molecule has 1 atom stereocenters. The first-order chi connectivity index (χ1) is 13.1. The van der Waals surface area contributed by atoms with Crippen LogP contribution in [0.15, 0.2) is 55.0 Å². The molecule has 27 heavy (non-hydrogen) atoms. The van der Waals surface area contributed by atoms with Crippen molar-refractivity contribution in [3.8, 4) is 6.07 Å². The second-order valence-electron chi connectivity index (χ2n) is 6.04. The van der Waals surface area contributed by atoms with E-state index in [1.165, 1.54) is 21.9 Å². The number of anilines is 2. The van der Waals surface area contributed by atoms with Crippen molar-refractivity contribution in [2.24, 2.45) is 0 Å². The van der Waals surface area contributed by atoms with Gasteiger partial charge >= 0.3 is 6.03 Å². The molecule has 6 nitrogen and oxygen atoms in total. The Morgan fingerprint density at radius 3 is 2.67 bits per heavy atom. The van der Waals surface area contributed by atoms with E-state index in [0.29, 0.717) is 5.69 Å². The molecule has 0 saturated carbocycles. The van der Waals surface area contributed by atoms with Crippen molar-refractivity contribution in [2.75, 3.05) is 16.3 Å². The fraction of sp³-hybridized carbons (Fsp3) is 0.158. The molecule has 1 fully saturated rings. The molecule has 134 valence electrons. The van der Waals surface area contributed by atoms with Gasteiger partial charge in [0.2, 0.25) is 0 Å². The van der Waals surface area contributed by atoms with E-state index in [9.17, 15) is 18.8 Å². The Bertz CT molecular complexity index is 1040. The first kappa shape index (κ1) is 16.8. The minimum Gasteiger partial charge on any atom is -0.275 e. The molecule has 2 amide bonds. The predicted octanol–water partition coefficient (Wildman–Crippen LogP) is 3.91. The predicted molar refractivity (Wildman–Crippen MR) is 95.6 cm³/mol. The number of nitrogens with zero attached hydrogens (tertiary/aromatic N) is 5. The lowest BCUT2D eigenvalue weighted by molar-refractivity contribution is 0.151. The summed E-state index contributed by atoms with van der Waals surface area (Å²) in [6, 6.07) is 10.9. The van der Waals surface area contributed by atoms with E-state index in [1.807, 2.05) is 24.3 Å². The number of urea groups is 1. The van der Waals surface area contributed by atoms with Gasteiger partial charge < -0.3 is 0 Å². The van der Waals surface area contributed by atoms with Crippen LogP contribution >= 0.6 is 0 Å². The first-order valence-electron chi connectivity index (χ1n) is 8.17. The van der Waals surface area contributed by atoms with Gasteiger partial charge in [0, 0.05) is 28.7 Å². The summed E-state index contributed by atoms with van der Waals surface area (Å²) >= 11 is 0. The Hall–Kier alpha value is -3.60. The third-order valence-electron chi connectivity index (χ3n) is 4.46. The van der Waals surface area contributed by atoms with Crippen molar-refractivity contribution in [2.45, 2.75) is 12.5 Å². The third kappa shape index (κ3) is 2.83. The molecule has 1 aliphatic rings. The van der Waals surface area contributed by atoms with Crippen LogP contribution in [0, 0.1) is 11.3 Å². The molecule has 2 aromatic heterocycles. The van der Waals surface area contributed by atoms with Crippen molar-refractivity contribution in [1.82, 2.24) is 9.97 Å². The Morgan fingerprint density at radius 2 is 1.96 bits per heavy atom. The number of hydrogen-bond acceptors (Lipinski definition) is 4. The number of alkyl halides is 2. The van der Waals surface area contributed by atoms with E-state index in [4.69, 9.17) is 0 Å². The maximum Gasteiger partial charge on any atom is 0.331 e. The molecule has 0 radical (unpaired) electrons. The molecule has 0 aliphatic carbocycles. The zero-order valence-electron chi connectivity index (χ0n) is 14.0. The molecule has 4 rings (SSSR count). The van der Waals surface area contributed by atoms with Crippen LogP contribution in [0.25, 0.3) is 10.8 Å². The molecular weight excluding hydrogens is 352 g/mol. The maximum absolute atomic E-state index is 13.0. The molecular formula is C19H13F2N5O. The highest BCUT2D eigenvalue weighted by atomic mass is 19.3. The average Bonchev–Trinajstić information content (AvgIpc) is 3.03. The van der Waals surface area contributed by atoms with Crippen LogP contribution in [-0.4, -0.2) is 28.6 Å². The Labute approximate surface area is 153 Å². The normalized spacial score (nSPS) is 17.0. The van der Waals surface area contributed by atoms with Crippen molar-refractivity contribution >= 4 is 28.3 Å². The van der Waals surface area contributed by atoms with E-state index in [0.717, 1.165) is 17.0 Å². The van der Waals surface area contributed by atoms with Gasteiger partial charge in [0.25, 0.3) is 6.43 Å². The molecule has 0 bridgehead atoms. The van der Waals surface area contributed by atoms with Gasteiger partial charge in [-0.1, -0.05) is 24.3 Å². The summed E-state index contributed by atoms with van der Waals surface area (Å²) in [6.45, 7) is 0.0829. The second-order valence-corrected chi connectivity index (χ2v) is 6.04. The molecule has 0 unspecified atom stereocenters. The number of pyridine rings is 2. The fourth-order valence-electron chi connectivity index (χ4n) is 3.14. The van der Waals surface area contributed by atoms with E-state index in [1.54, 1.807) is 12.4 Å². The average molecular weight is 365 g/mol. The summed E-state index contributed by atoms with van der Waals surface area (Å²) in [5.41, 5.74) is 0.300. The van der Waals surface area contributed by atoms with E-state index in [2.05, 4.69) is 16.0 Å². The number of benzene rings is 1. The van der Waals surface area contributed by atoms with E-state index in [-0.39, 0.29) is 17.9 Å². The Kier molecular flexibility index (Phi) is 4.12. The van der Waals surface area contributed by atoms with Crippen molar-refractivity contribution in [1.29, 1.82) is 5.26 Å². The third-order valence-corrected chi connectivity index (χ3v) is 4.46. The van der Waals surface area contributed by atoms with Crippen LogP contribution in [0.4, 0.5) is 25.1 Å². The molecule has 0 spiro atoms. The number of halogens is 2. The number of carbonyl (C=O) groups is 1. The van der Waals surface area contributed by atoms with Crippen LogP contribution in [0.5, 0.6) is 0 Å². The SMILES string of the molecule is N#C[C@H]1CN(c2ccc(C(F)F)cn2)C(=O)N1c1cncc2ccccc12.